The average Bonchev–Trinajstić information content (AvgIpc) is 3.04. The van der Waals surface area contributed by atoms with Crippen molar-refractivity contribution in [3.05, 3.63) is 35.1 Å². The molecule has 0 spiro atoms. The molecule has 20 heavy (non-hydrogen) atoms. The molecule has 3 nitrogen and oxygen atoms in total. The number of rotatable bonds is 3. The second-order valence-electron chi connectivity index (χ2n) is 6.13. The van der Waals surface area contributed by atoms with Crippen LogP contribution in [-0.4, -0.2) is 18.0 Å². The summed E-state index contributed by atoms with van der Waals surface area (Å²) in [5.41, 5.74) is 1.45. The summed E-state index contributed by atoms with van der Waals surface area (Å²) in [5.74, 6) is -0.0464. The SMILES string of the molecule is Cc1ccc(C(C)NC(=O)C2CC3CCC2N3)cc1F. The number of benzene rings is 1. The van der Waals surface area contributed by atoms with E-state index in [1.54, 1.807) is 13.0 Å². The topological polar surface area (TPSA) is 41.1 Å². The van der Waals surface area contributed by atoms with Crippen LogP contribution in [0.4, 0.5) is 4.39 Å². The Bertz CT molecular complexity index is 531. The van der Waals surface area contributed by atoms with Gasteiger partial charge in [-0.2, -0.15) is 0 Å². The molecule has 0 aliphatic carbocycles. The fraction of sp³-hybridized carbons (Fsp3) is 0.562. The van der Waals surface area contributed by atoms with Crippen LogP contribution in [0.3, 0.4) is 0 Å². The number of halogens is 1. The molecule has 2 saturated heterocycles. The van der Waals surface area contributed by atoms with Gasteiger partial charge in [-0.25, -0.2) is 4.39 Å². The first-order valence-corrected chi connectivity index (χ1v) is 7.37. The van der Waals surface area contributed by atoms with Gasteiger partial charge in [0.25, 0.3) is 0 Å². The van der Waals surface area contributed by atoms with Crippen molar-refractivity contribution in [1.29, 1.82) is 0 Å². The third-order valence-corrected chi connectivity index (χ3v) is 4.69. The number of hydrogen-bond donors (Lipinski definition) is 2. The summed E-state index contributed by atoms with van der Waals surface area (Å²) in [6.07, 6.45) is 3.22. The molecular formula is C16H21FN2O. The zero-order valence-corrected chi connectivity index (χ0v) is 11.9. The van der Waals surface area contributed by atoms with E-state index in [2.05, 4.69) is 10.6 Å². The van der Waals surface area contributed by atoms with Crippen molar-refractivity contribution < 1.29 is 9.18 Å². The van der Waals surface area contributed by atoms with Crippen LogP contribution >= 0.6 is 0 Å². The molecule has 2 bridgehead atoms. The number of nitrogens with one attached hydrogen (secondary N) is 2. The van der Waals surface area contributed by atoms with Crippen LogP contribution in [0, 0.1) is 18.7 Å². The van der Waals surface area contributed by atoms with Gasteiger partial charge in [-0.1, -0.05) is 12.1 Å². The number of hydrogen-bond acceptors (Lipinski definition) is 2. The van der Waals surface area contributed by atoms with Gasteiger partial charge in [0.1, 0.15) is 5.82 Å². The summed E-state index contributed by atoms with van der Waals surface area (Å²) in [6.45, 7) is 3.64. The molecule has 0 aromatic heterocycles. The van der Waals surface area contributed by atoms with Crippen molar-refractivity contribution in [2.75, 3.05) is 0 Å². The number of carbonyl (C=O) groups is 1. The van der Waals surface area contributed by atoms with E-state index in [0.717, 1.165) is 18.4 Å². The van der Waals surface area contributed by atoms with Gasteiger partial charge in [0, 0.05) is 12.1 Å². The summed E-state index contributed by atoms with van der Waals surface area (Å²) in [4.78, 5) is 12.3. The molecule has 2 aliphatic heterocycles. The van der Waals surface area contributed by atoms with Crippen molar-refractivity contribution in [3.63, 3.8) is 0 Å². The third-order valence-electron chi connectivity index (χ3n) is 4.69. The van der Waals surface area contributed by atoms with Gasteiger partial charge in [0.05, 0.1) is 12.0 Å². The highest BCUT2D eigenvalue weighted by atomic mass is 19.1. The standard InChI is InChI=1S/C16H21FN2O/c1-9-3-4-11(7-14(9)17)10(2)18-16(20)13-8-12-5-6-15(13)19-12/h3-4,7,10,12-13,15,19H,5-6,8H2,1-2H3,(H,18,20). The zero-order valence-electron chi connectivity index (χ0n) is 11.9. The lowest BCUT2D eigenvalue weighted by Crippen LogP contribution is -2.38. The smallest absolute Gasteiger partial charge is 0.225 e. The van der Waals surface area contributed by atoms with E-state index in [-0.39, 0.29) is 23.7 Å². The Labute approximate surface area is 118 Å². The summed E-state index contributed by atoms with van der Waals surface area (Å²) < 4.78 is 13.6. The normalized spacial score (nSPS) is 29.4. The first-order valence-electron chi connectivity index (χ1n) is 7.37. The van der Waals surface area contributed by atoms with E-state index >= 15 is 0 Å². The van der Waals surface area contributed by atoms with E-state index in [1.165, 1.54) is 12.5 Å². The Morgan fingerprint density at radius 2 is 2.25 bits per heavy atom. The van der Waals surface area contributed by atoms with E-state index in [0.29, 0.717) is 17.6 Å². The third kappa shape index (κ3) is 2.44. The highest BCUT2D eigenvalue weighted by Gasteiger charge is 2.42. The van der Waals surface area contributed by atoms with Crippen molar-refractivity contribution in [1.82, 2.24) is 10.6 Å². The molecule has 0 saturated carbocycles. The molecule has 2 aliphatic rings. The molecule has 4 heteroatoms. The predicted octanol–water partition coefficient (Wildman–Crippen LogP) is 2.45. The highest BCUT2D eigenvalue weighted by Crippen LogP contribution is 2.33. The minimum absolute atomic E-state index is 0.0755. The van der Waals surface area contributed by atoms with Crippen LogP contribution < -0.4 is 10.6 Å². The lowest BCUT2D eigenvalue weighted by Gasteiger charge is -2.22. The maximum atomic E-state index is 13.6. The molecule has 1 aromatic rings. The van der Waals surface area contributed by atoms with Gasteiger partial charge in [-0.05, 0) is 50.3 Å². The fourth-order valence-electron chi connectivity index (χ4n) is 3.40. The lowest BCUT2D eigenvalue weighted by atomic mass is 9.88. The van der Waals surface area contributed by atoms with Crippen molar-refractivity contribution in [2.24, 2.45) is 5.92 Å². The monoisotopic (exact) mass is 276 g/mol. The van der Waals surface area contributed by atoms with Crippen LogP contribution in [-0.2, 0) is 4.79 Å². The molecule has 4 atom stereocenters. The van der Waals surface area contributed by atoms with Crippen molar-refractivity contribution >= 4 is 5.91 Å². The number of fused-ring (bicyclic) bond motifs is 2. The average molecular weight is 276 g/mol. The maximum Gasteiger partial charge on any atom is 0.225 e. The molecule has 2 heterocycles. The minimum atomic E-state index is -0.217. The predicted molar refractivity (Wildman–Crippen MR) is 75.7 cm³/mol. The van der Waals surface area contributed by atoms with Gasteiger partial charge >= 0.3 is 0 Å². The first kappa shape index (κ1) is 13.6. The van der Waals surface area contributed by atoms with Crippen LogP contribution in [0.15, 0.2) is 18.2 Å². The molecule has 3 rings (SSSR count). The molecule has 1 amide bonds. The lowest BCUT2D eigenvalue weighted by molar-refractivity contribution is -0.126. The van der Waals surface area contributed by atoms with Gasteiger partial charge in [0.15, 0.2) is 0 Å². The van der Waals surface area contributed by atoms with Crippen LogP contribution in [0.5, 0.6) is 0 Å². The summed E-state index contributed by atoms with van der Waals surface area (Å²) in [6, 6.07) is 5.84. The molecule has 2 fully saturated rings. The van der Waals surface area contributed by atoms with E-state index < -0.39 is 0 Å². The fourth-order valence-corrected chi connectivity index (χ4v) is 3.40. The second-order valence-corrected chi connectivity index (χ2v) is 6.13. The van der Waals surface area contributed by atoms with E-state index in [1.807, 2.05) is 13.0 Å². The number of aryl methyl sites for hydroxylation is 1. The Balaban J connectivity index is 1.65. The van der Waals surface area contributed by atoms with Gasteiger partial charge in [0.2, 0.25) is 5.91 Å². The largest absolute Gasteiger partial charge is 0.349 e. The molecule has 4 unspecified atom stereocenters. The highest BCUT2D eigenvalue weighted by molar-refractivity contribution is 5.80. The first-order chi connectivity index (χ1) is 9.54. The van der Waals surface area contributed by atoms with E-state index in [4.69, 9.17) is 0 Å². The Kier molecular flexibility index (Phi) is 3.50. The van der Waals surface area contributed by atoms with E-state index in [9.17, 15) is 9.18 Å². The quantitative estimate of drug-likeness (QED) is 0.890. The van der Waals surface area contributed by atoms with Gasteiger partial charge in [-0.15, -0.1) is 0 Å². The molecule has 108 valence electrons. The molecule has 2 N–H and O–H groups in total. The summed E-state index contributed by atoms with van der Waals surface area (Å²) >= 11 is 0. The Morgan fingerprint density at radius 1 is 1.45 bits per heavy atom. The van der Waals surface area contributed by atoms with Gasteiger partial charge in [-0.3, -0.25) is 4.79 Å². The van der Waals surface area contributed by atoms with Crippen LogP contribution in [0.1, 0.15) is 43.4 Å². The zero-order chi connectivity index (χ0) is 14.3. The number of carbonyl (C=O) groups excluding carboxylic acids is 1. The number of amides is 1. The molecule has 0 radical (unpaired) electrons. The van der Waals surface area contributed by atoms with Crippen LogP contribution in [0.2, 0.25) is 0 Å². The van der Waals surface area contributed by atoms with Crippen molar-refractivity contribution in [2.45, 2.75) is 51.2 Å². The van der Waals surface area contributed by atoms with Crippen molar-refractivity contribution in [3.8, 4) is 0 Å². The summed E-state index contributed by atoms with van der Waals surface area (Å²) in [7, 11) is 0. The molecular weight excluding hydrogens is 255 g/mol. The maximum absolute atomic E-state index is 13.6. The molecule has 1 aromatic carbocycles. The second kappa shape index (κ2) is 5.17. The van der Waals surface area contributed by atoms with Gasteiger partial charge < -0.3 is 10.6 Å². The van der Waals surface area contributed by atoms with Crippen LogP contribution in [0.25, 0.3) is 0 Å². The Morgan fingerprint density at radius 3 is 2.85 bits per heavy atom. The minimum Gasteiger partial charge on any atom is -0.349 e. The Hall–Kier alpha value is -1.42. The summed E-state index contributed by atoms with van der Waals surface area (Å²) in [5, 5.41) is 6.49.